The fourth-order valence-corrected chi connectivity index (χ4v) is 3.97. The van der Waals surface area contributed by atoms with Crippen LogP contribution in [-0.2, 0) is 14.3 Å². The molecule has 0 aromatic rings. The third-order valence-electron chi connectivity index (χ3n) is 4.84. The summed E-state index contributed by atoms with van der Waals surface area (Å²) in [5, 5.41) is 10.1. The summed E-state index contributed by atoms with van der Waals surface area (Å²) in [5.74, 6) is -0.0730. The lowest BCUT2D eigenvalue weighted by Crippen LogP contribution is -2.38. The van der Waals surface area contributed by atoms with E-state index in [-0.39, 0.29) is 23.2 Å². The lowest BCUT2D eigenvalue weighted by molar-refractivity contribution is -0.196. The van der Waals surface area contributed by atoms with Gasteiger partial charge in [-0.05, 0) is 18.3 Å². The third-order valence-corrected chi connectivity index (χ3v) is 4.84. The van der Waals surface area contributed by atoms with Crippen LogP contribution in [0.15, 0.2) is 0 Å². The van der Waals surface area contributed by atoms with E-state index in [9.17, 15) is 9.90 Å². The van der Waals surface area contributed by atoms with Crippen LogP contribution in [0.25, 0.3) is 0 Å². The van der Waals surface area contributed by atoms with Crippen molar-refractivity contribution < 1.29 is 19.4 Å². The standard InChI is InChI=1S/C13H20O4/c1-13(5-3-2-4-6-13)10-8-7-9(14)16-12(8)17-11(10)15/h8,10-12,15H,2-7H2,1H3/t8-,10-,11-,12+/m0/s1. The van der Waals surface area contributed by atoms with Gasteiger partial charge >= 0.3 is 5.97 Å². The lowest BCUT2D eigenvalue weighted by atomic mass is 9.63. The van der Waals surface area contributed by atoms with Gasteiger partial charge in [0.15, 0.2) is 6.29 Å². The first-order valence-electron chi connectivity index (χ1n) is 6.63. The normalized spacial score (nSPS) is 44.5. The number of hydrogen-bond donors (Lipinski definition) is 1. The smallest absolute Gasteiger partial charge is 0.308 e. The number of carbonyl (C=O) groups is 1. The molecule has 0 spiro atoms. The van der Waals surface area contributed by atoms with Crippen LogP contribution >= 0.6 is 0 Å². The van der Waals surface area contributed by atoms with Crippen LogP contribution < -0.4 is 0 Å². The molecule has 3 fully saturated rings. The topological polar surface area (TPSA) is 55.8 Å². The maximum atomic E-state index is 11.3. The van der Waals surface area contributed by atoms with Crippen molar-refractivity contribution in [2.75, 3.05) is 0 Å². The second-order valence-electron chi connectivity index (χ2n) is 5.99. The Morgan fingerprint density at radius 3 is 2.71 bits per heavy atom. The molecule has 96 valence electrons. The Hall–Kier alpha value is -0.610. The van der Waals surface area contributed by atoms with Gasteiger partial charge in [0.05, 0.1) is 6.42 Å². The minimum absolute atomic E-state index is 0.0549. The molecule has 0 unspecified atom stereocenters. The van der Waals surface area contributed by atoms with Gasteiger partial charge in [-0.1, -0.05) is 26.2 Å². The van der Waals surface area contributed by atoms with Crippen LogP contribution in [0.3, 0.4) is 0 Å². The van der Waals surface area contributed by atoms with Gasteiger partial charge in [-0.2, -0.15) is 0 Å². The highest BCUT2D eigenvalue weighted by molar-refractivity contribution is 5.72. The highest BCUT2D eigenvalue weighted by Crippen LogP contribution is 2.53. The Kier molecular flexibility index (Phi) is 2.67. The molecule has 1 N–H and O–H groups in total. The summed E-state index contributed by atoms with van der Waals surface area (Å²) in [4.78, 5) is 11.3. The SMILES string of the molecule is CC1([C@H]2[C@@H]3CC(=O)O[C@@H]3O[C@@H]2O)CCCCC1. The zero-order valence-corrected chi connectivity index (χ0v) is 10.2. The summed E-state index contributed by atoms with van der Waals surface area (Å²) < 4.78 is 10.5. The monoisotopic (exact) mass is 240 g/mol. The zero-order chi connectivity index (χ0) is 12.0. The molecule has 4 atom stereocenters. The highest BCUT2D eigenvalue weighted by atomic mass is 16.8. The fraction of sp³-hybridized carbons (Fsp3) is 0.923. The summed E-state index contributed by atoms with van der Waals surface area (Å²) in [5.41, 5.74) is 0.102. The molecule has 3 rings (SSSR count). The second-order valence-corrected chi connectivity index (χ2v) is 5.99. The Labute approximate surface area is 101 Å². The molecule has 0 radical (unpaired) electrons. The second kappa shape index (κ2) is 3.95. The first kappa shape index (κ1) is 11.5. The largest absolute Gasteiger partial charge is 0.435 e. The van der Waals surface area contributed by atoms with Crippen molar-refractivity contribution >= 4 is 5.97 Å². The molecule has 4 nitrogen and oxygen atoms in total. The van der Waals surface area contributed by atoms with Gasteiger partial charge in [-0.3, -0.25) is 4.79 Å². The van der Waals surface area contributed by atoms with Crippen LogP contribution in [0.4, 0.5) is 0 Å². The minimum Gasteiger partial charge on any atom is -0.435 e. The van der Waals surface area contributed by atoms with Crippen LogP contribution in [0.5, 0.6) is 0 Å². The first-order chi connectivity index (χ1) is 8.10. The van der Waals surface area contributed by atoms with Crippen molar-refractivity contribution in [1.29, 1.82) is 0 Å². The van der Waals surface area contributed by atoms with Crippen molar-refractivity contribution in [2.45, 2.75) is 58.0 Å². The van der Waals surface area contributed by atoms with Crippen molar-refractivity contribution in [1.82, 2.24) is 0 Å². The molecule has 4 heteroatoms. The van der Waals surface area contributed by atoms with Crippen molar-refractivity contribution in [2.24, 2.45) is 17.3 Å². The third kappa shape index (κ3) is 1.78. The average molecular weight is 240 g/mol. The predicted octanol–water partition coefficient (Wildman–Crippen LogP) is 1.81. The number of carbonyl (C=O) groups excluding carboxylic acids is 1. The minimum atomic E-state index is -0.763. The molecule has 17 heavy (non-hydrogen) atoms. The van der Waals surface area contributed by atoms with Gasteiger partial charge in [0.25, 0.3) is 0 Å². The molecule has 0 aromatic carbocycles. The first-order valence-corrected chi connectivity index (χ1v) is 6.63. The molecule has 3 aliphatic rings. The molecule has 0 amide bonds. The Morgan fingerprint density at radius 2 is 2.00 bits per heavy atom. The van der Waals surface area contributed by atoms with Gasteiger partial charge in [-0.25, -0.2) is 0 Å². The van der Waals surface area contributed by atoms with Crippen LogP contribution in [0.2, 0.25) is 0 Å². The van der Waals surface area contributed by atoms with E-state index >= 15 is 0 Å². The average Bonchev–Trinajstić information content (AvgIpc) is 2.73. The highest BCUT2D eigenvalue weighted by Gasteiger charge is 2.57. The predicted molar refractivity (Wildman–Crippen MR) is 59.8 cm³/mol. The van der Waals surface area contributed by atoms with E-state index in [4.69, 9.17) is 9.47 Å². The van der Waals surface area contributed by atoms with Crippen molar-refractivity contribution in [3.63, 3.8) is 0 Å². The summed E-state index contributed by atoms with van der Waals surface area (Å²) in [6, 6.07) is 0. The number of ether oxygens (including phenoxy) is 2. The summed E-state index contributed by atoms with van der Waals surface area (Å²) >= 11 is 0. The van der Waals surface area contributed by atoms with Crippen LogP contribution in [0, 0.1) is 17.3 Å². The van der Waals surface area contributed by atoms with Crippen molar-refractivity contribution in [3.05, 3.63) is 0 Å². The number of aliphatic hydroxyl groups is 1. The van der Waals surface area contributed by atoms with E-state index in [0.717, 1.165) is 12.8 Å². The van der Waals surface area contributed by atoms with Gasteiger partial charge in [0.2, 0.25) is 6.29 Å². The summed E-state index contributed by atoms with van der Waals surface area (Å²) in [6.45, 7) is 2.23. The fourth-order valence-electron chi connectivity index (χ4n) is 3.97. The molecule has 2 heterocycles. The lowest BCUT2D eigenvalue weighted by Gasteiger charge is -2.41. The Balaban J connectivity index is 1.83. The van der Waals surface area contributed by atoms with E-state index in [1.54, 1.807) is 0 Å². The summed E-state index contributed by atoms with van der Waals surface area (Å²) in [6.07, 6.45) is 5.09. The van der Waals surface area contributed by atoms with Crippen LogP contribution in [0.1, 0.15) is 45.4 Å². The molecule has 1 aliphatic carbocycles. The zero-order valence-electron chi connectivity index (χ0n) is 10.2. The molecule has 2 aliphatic heterocycles. The maximum absolute atomic E-state index is 11.3. The van der Waals surface area contributed by atoms with Gasteiger partial charge in [-0.15, -0.1) is 0 Å². The molecular formula is C13H20O4. The quantitative estimate of drug-likeness (QED) is 0.710. The molecule has 0 bridgehead atoms. The number of hydrogen-bond acceptors (Lipinski definition) is 4. The number of esters is 1. The van der Waals surface area contributed by atoms with E-state index < -0.39 is 12.6 Å². The number of fused-ring (bicyclic) bond motifs is 1. The van der Waals surface area contributed by atoms with Gasteiger partial charge < -0.3 is 14.6 Å². The number of rotatable bonds is 1. The Morgan fingerprint density at radius 1 is 1.29 bits per heavy atom. The van der Waals surface area contributed by atoms with Crippen LogP contribution in [-0.4, -0.2) is 23.7 Å². The van der Waals surface area contributed by atoms with Crippen molar-refractivity contribution in [3.8, 4) is 0 Å². The van der Waals surface area contributed by atoms with Gasteiger partial charge in [0, 0.05) is 11.8 Å². The maximum Gasteiger partial charge on any atom is 0.308 e. The van der Waals surface area contributed by atoms with E-state index in [2.05, 4.69) is 6.92 Å². The Bertz CT molecular complexity index is 321. The molecular weight excluding hydrogens is 220 g/mol. The number of aliphatic hydroxyl groups excluding tert-OH is 1. The van der Waals surface area contributed by atoms with Gasteiger partial charge in [0.1, 0.15) is 0 Å². The van der Waals surface area contributed by atoms with E-state index in [1.807, 2.05) is 0 Å². The van der Waals surface area contributed by atoms with E-state index in [0.29, 0.717) is 6.42 Å². The summed E-state index contributed by atoms with van der Waals surface area (Å²) in [7, 11) is 0. The molecule has 0 aromatic heterocycles. The van der Waals surface area contributed by atoms with E-state index in [1.165, 1.54) is 19.3 Å². The molecule has 2 saturated heterocycles. The molecule has 1 saturated carbocycles.